The maximum Gasteiger partial charge on any atom is 0.307 e. The van der Waals surface area contributed by atoms with E-state index in [0.717, 1.165) is 0 Å². The molecule has 0 unspecified atom stereocenters. The molecule has 0 amide bonds. The van der Waals surface area contributed by atoms with Crippen molar-refractivity contribution in [3.63, 3.8) is 0 Å². The van der Waals surface area contributed by atoms with E-state index in [9.17, 15) is 4.79 Å². The molecule has 1 saturated heterocycles. The second-order valence-corrected chi connectivity index (χ2v) is 2.58. The van der Waals surface area contributed by atoms with Gasteiger partial charge in [-0.1, -0.05) is 0 Å². The summed E-state index contributed by atoms with van der Waals surface area (Å²) in [5, 5.41) is 20.3. The van der Waals surface area contributed by atoms with Crippen LogP contribution in [0.25, 0.3) is 0 Å². The molecule has 3 N–H and O–H groups in total. The summed E-state index contributed by atoms with van der Waals surface area (Å²) in [6, 6.07) is 0. The van der Waals surface area contributed by atoms with Gasteiger partial charge in [-0.3, -0.25) is 4.79 Å². The molecule has 1 aliphatic heterocycles. The summed E-state index contributed by atoms with van der Waals surface area (Å²) in [4.78, 5) is 10.3. The molecule has 1 fully saturated rings. The number of carboxylic acid groups (broad SMARTS) is 1. The van der Waals surface area contributed by atoms with Crippen LogP contribution < -0.4 is 5.32 Å². The molecule has 10 heavy (non-hydrogen) atoms. The Bertz CT molecular complexity index is 137. The van der Waals surface area contributed by atoms with Gasteiger partial charge in [-0.15, -0.1) is 0 Å². The molecular formula is C6H11NO3. The van der Waals surface area contributed by atoms with E-state index in [1.165, 1.54) is 0 Å². The quantitative estimate of drug-likeness (QED) is 0.444. The number of carbonyl (C=O) groups is 1. The molecule has 1 rings (SSSR count). The van der Waals surface area contributed by atoms with Crippen LogP contribution in [0.3, 0.4) is 0 Å². The average molecular weight is 145 g/mol. The Labute approximate surface area is 58.9 Å². The lowest BCUT2D eigenvalue weighted by Crippen LogP contribution is -2.42. The normalized spacial score (nSPS) is 33.7. The van der Waals surface area contributed by atoms with Crippen molar-refractivity contribution in [2.45, 2.75) is 12.5 Å². The number of hydrogen-bond acceptors (Lipinski definition) is 3. The van der Waals surface area contributed by atoms with Gasteiger partial charge in [0, 0.05) is 13.1 Å². The van der Waals surface area contributed by atoms with E-state index >= 15 is 0 Å². The van der Waals surface area contributed by atoms with Crippen LogP contribution >= 0.6 is 0 Å². The Hall–Kier alpha value is -0.610. The van der Waals surface area contributed by atoms with Crippen molar-refractivity contribution in [2.75, 3.05) is 13.1 Å². The Morgan fingerprint density at radius 2 is 2.20 bits per heavy atom. The summed E-state index contributed by atoms with van der Waals surface area (Å²) in [6.45, 7) is 0.996. The highest BCUT2D eigenvalue weighted by Crippen LogP contribution is 2.09. The number of rotatable bonds is 1. The highest BCUT2D eigenvalue weighted by Gasteiger charge is 2.24. The molecule has 0 radical (unpaired) electrons. The summed E-state index contributed by atoms with van der Waals surface area (Å²) in [7, 11) is 0. The molecule has 1 aliphatic rings. The predicted molar refractivity (Wildman–Crippen MR) is 34.6 cm³/mol. The van der Waals surface area contributed by atoms with Crippen molar-refractivity contribution in [3.05, 3.63) is 0 Å². The van der Waals surface area contributed by atoms with Crippen LogP contribution in [0.5, 0.6) is 0 Å². The first-order valence-corrected chi connectivity index (χ1v) is 3.31. The van der Waals surface area contributed by atoms with Crippen molar-refractivity contribution >= 4 is 5.97 Å². The third kappa shape index (κ3) is 1.68. The lowest BCUT2D eigenvalue weighted by Gasteiger charge is -2.23. The number of aliphatic hydroxyl groups excluding tert-OH is 1. The monoisotopic (exact) mass is 145 g/mol. The van der Waals surface area contributed by atoms with Gasteiger partial charge in [0.25, 0.3) is 0 Å². The van der Waals surface area contributed by atoms with Crippen LogP contribution in [0.1, 0.15) is 6.42 Å². The molecule has 0 bridgehead atoms. The third-order valence-corrected chi connectivity index (χ3v) is 1.68. The van der Waals surface area contributed by atoms with E-state index in [1.807, 2.05) is 0 Å². The molecule has 4 nitrogen and oxygen atoms in total. The van der Waals surface area contributed by atoms with Crippen LogP contribution in [0, 0.1) is 5.92 Å². The van der Waals surface area contributed by atoms with Crippen LogP contribution in [-0.2, 0) is 4.79 Å². The number of β-amino-alcohol motifs (C(OH)–C–C–N with tert-alkyl or cyclic N) is 1. The van der Waals surface area contributed by atoms with E-state index in [4.69, 9.17) is 10.2 Å². The van der Waals surface area contributed by atoms with Gasteiger partial charge < -0.3 is 15.5 Å². The number of aliphatic carboxylic acids is 1. The highest BCUT2D eigenvalue weighted by molar-refractivity contribution is 5.70. The Morgan fingerprint density at radius 3 is 2.60 bits per heavy atom. The summed E-state index contributed by atoms with van der Waals surface area (Å²) in [6.07, 6.45) is -0.114. The molecule has 58 valence electrons. The third-order valence-electron chi connectivity index (χ3n) is 1.68. The molecule has 4 heteroatoms. The van der Waals surface area contributed by atoms with Crippen molar-refractivity contribution in [1.82, 2.24) is 5.32 Å². The molecule has 1 heterocycles. The van der Waals surface area contributed by atoms with Crippen LogP contribution in [0.4, 0.5) is 0 Å². The van der Waals surface area contributed by atoms with Gasteiger partial charge in [-0.25, -0.2) is 0 Å². The summed E-state index contributed by atoms with van der Waals surface area (Å²) in [5.74, 6) is -1.24. The minimum atomic E-state index is -0.828. The van der Waals surface area contributed by atoms with E-state index in [2.05, 4.69) is 5.32 Å². The van der Waals surface area contributed by atoms with E-state index in [1.54, 1.807) is 0 Å². The average Bonchev–Trinajstić information content (AvgIpc) is 1.88. The van der Waals surface area contributed by atoms with E-state index < -0.39 is 18.0 Å². The first-order valence-electron chi connectivity index (χ1n) is 3.31. The maximum absolute atomic E-state index is 10.3. The number of hydrogen-bond donors (Lipinski definition) is 3. The molecule has 0 aromatic carbocycles. The van der Waals surface area contributed by atoms with E-state index in [-0.39, 0.29) is 0 Å². The Kier molecular flexibility index (Phi) is 2.24. The van der Waals surface area contributed by atoms with Crippen LogP contribution in [0.2, 0.25) is 0 Å². The minimum Gasteiger partial charge on any atom is -0.481 e. The minimum absolute atomic E-state index is 0.377. The fraction of sp³-hybridized carbons (Fsp3) is 0.833. The Morgan fingerprint density at radius 1 is 1.50 bits per heavy atom. The fourth-order valence-electron chi connectivity index (χ4n) is 1.11. The smallest absolute Gasteiger partial charge is 0.307 e. The van der Waals surface area contributed by atoms with Crippen molar-refractivity contribution in [1.29, 1.82) is 0 Å². The molecule has 0 saturated carbocycles. The van der Waals surface area contributed by atoms with Crippen LogP contribution in [0.15, 0.2) is 0 Å². The van der Waals surface area contributed by atoms with Gasteiger partial charge >= 0.3 is 5.97 Å². The van der Waals surface area contributed by atoms with Gasteiger partial charge in [0.1, 0.15) is 0 Å². The van der Waals surface area contributed by atoms with Gasteiger partial charge in [-0.2, -0.15) is 0 Å². The maximum atomic E-state index is 10.3. The van der Waals surface area contributed by atoms with Crippen molar-refractivity contribution in [2.24, 2.45) is 5.92 Å². The fourth-order valence-corrected chi connectivity index (χ4v) is 1.11. The molecule has 0 spiro atoms. The number of nitrogens with one attached hydrogen (secondary N) is 1. The van der Waals surface area contributed by atoms with Gasteiger partial charge in [0.05, 0.1) is 12.0 Å². The van der Waals surface area contributed by atoms with Gasteiger partial charge in [-0.05, 0) is 6.42 Å². The predicted octanol–water partition coefficient (Wildman–Crippen LogP) is -0.959. The summed E-state index contributed by atoms with van der Waals surface area (Å²) in [5.41, 5.74) is 0. The SMILES string of the molecule is O=C(O)[C@H]1CNC[C@H](O)C1. The number of aliphatic hydroxyl groups is 1. The second-order valence-electron chi connectivity index (χ2n) is 2.58. The highest BCUT2D eigenvalue weighted by atomic mass is 16.4. The lowest BCUT2D eigenvalue weighted by atomic mass is 9.98. The van der Waals surface area contributed by atoms with Gasteiger partial charge in [0.15, 0.2) is 0 Å². The molecule has 0 aromatic rings. The van der Waals surface area contributed by atoms with Crippen LogP contribution in [-0.4, -0.2) is 35.4 Å². The molecule has 2 atom stereocenters. The topological polar surface area (TPSA) is 69.6 Å². The second kappa shape index (κ2) is 2.98. The largest absolute Gasteiger partial charge is 0.481 e. The first kappa shape index (κ1) is 7.50. The zero-order valence-electron chi connectivity index (χ0n) is 5.58. The molecule has 0 aliphatic carbocycles. The van der Waals surface area contributed by atoms with E-state index in [0.29, 0.717) is 19.5 Å². The standard InChI is InChI=1S/C6H11NO3/c8-5-1-4(6(9)10)2-7-3-5/h4-5,7-8H,1-3H2,(H,9,10)/t4-,5-/m1/s1. The van der Waals surface area contributed by atoms with Crippen molar-refractivity contribution in [3.8, 4) is 0 Å². The zero-order chi connectivity index (χ0) is 7.56. The Balaban J connectivity index is 2.39. The zero-order valence-corrected chi connectivity index (χ0v) is 5.58. The molecular weight excluding hydrogens is 134 g/mol. The number of carboxylic acids is 1. The summed E-state index contributed by atoms with van der Waals surface area (Å²) < 4.78 is 0. The lowest BCUT2D eigenvalue weighted by molar-refractivity contribution is -0.143. The number of piperidine rings is 1. The molecule has 0 aromatic heterocycles. The summed E-state index contributed by atoms with van der Waals surface area (Å²) >= 11 is 0. The van der Waals surface area contributed by atoms with Gasteiger partial charge in [0.2, 0.25) is 0 Å². The van der Waals surface area contributed by atoms with Crippen molar-refractivity contribution < 1.29 is 15.0 Å². The first-order chi connectivity index (χ1) is 4.70.